The van der Waals surface area contributed by atoms with Gasteiger partial charge >= 0.3 is 0 Å². The molecule has 0 aliphatic heterocycles. The summed E-state index contributed by atoms with van der Waals surface area (Å²) in [6.07, 6.45) is 4.04. The average Bonchev–Trinajstić information content (AvgIpc) is 3.66. The summed E-state index contributed by atoms with van der Waals surface area (Å²) in [6.45, 7) is 1.34. The first kappa shape index (κ1) is 24.6. The highest BCUT2D eigenvalue weighted by Gasteiger charge is 2.35. The zero-order valence-electron chi connectivity index (χ0n) is 20.5. The van der Waals surface area contributed by atoms with E-state index in [-0.39, 0.29) is 30.3 Å². The van der Waals surface area contributed by atoms with E-state index in [9.17, 15) is 14.4 Å². The van der Waals surface area contributed by atoms with Crippen LogP contribution in [0.3, 0.4) is 0 Å². The van der Waals surface area contributed by atoms with Crippen LogP contribution in [-0.2, 0) is 20.9 Å². The topological polar surface area (TPSA) is 109 Å². The molecule has 2 aromatic carbocycles. The van der Waals surface area contributed by atoms with Crippen molar-refractivity contribution < 1.29 is 14.4 Å². The summed E-state index contributed by atoms with van der Waals surface area (Å²) in [4.78, 5) is 40.8. The minimum Gasteiger partial charge on any atom is -0.351 e. The zero-order valence-corrected chi connectivity index (χ0v) is 21.3. The van der Waals surface area contributed by atoms with Gasteiger partial charge in [0.2, 0.25) is 17.7 Å². The van der Waals surface area contributed by atoms with Gasteiger partial charge in [0, 0.05) is 24.3 Å². The van der Waals surface area contributed by atoms with Crippen LogP contribution >= 0.6 is 11.3 Å². The van der Waals surface area contributed by atoms with Gasteiger partial charge in [-0.1, -0.05) is 30.2 Å². The van der Waals surface area contributed by atoms with Crippen LogP contribution in [0.25, 0.3) is 11.0 Å². The maximum Gasteiger partial charge on any atom is 0.249 e. The van der Waals surface area contributed by atoms with E-state index in [1.54, 1.807) is 28.9 Å². The quantitative estimate of drug-likeness (QED) is 0.363. The largest absolute Gasteiger partial charge is 0.351 e. The first-order valence-corrected chi connectivity index (χ1v) is 13.2. The van der Waals surface area contributed by atoms with Crippen LogP contribution < -0.4 is 15.5 Å². The molecule has 10 heteroatoms. The van der Waals surface area contributed by atoms with E-state index in [0.717, 1.165) is 36.8 Å². The summed E-state index contributed by atoms with van der Waals surface area (Å²) in [5.41, 5.74) is 3.31. The number of fused-ring (bicyclic) bond motifs is 1. The SMILES string of the molecule is CC(=O)Nc1ccc(N(C(=O)Cn2nnc3ccccc32)C(C(=O)NC2CCCC2)c2ccsc2)cc1. The third-order valence-electron chi connectivity index (χ3n) is 6.51. The Morgan fingerprint density at radius 1 is 1.08 bits per heavy atom. The number of para-hydroxylation sites is 1. The fraction of sp³-hybridized carbons (Fsp3) is 0.296. The molecule has 1 fully saturated rings. The van der Waals surface area contributed by atoms with Crippen molar-refractivity contribution >= 4 is 51.5 Å². The highest BCUT2D eigenvalue weighted by molar-refractivity contribution is 7.08. The number of carbonyl (C=O) groups excluding carboxylic acids is 3. The molecule has 1 saturated carbocycles. The lowest BCUT2D eigenvalue weighted by molar-refractivity contribution is -0.127. The molecule has 4 aromatic rings. The van der Waals surface area contributed by atoms with Crippen molar-refractivity contribution in [2.24, 2.45) is 0 Å². The third kappa shape index (κ3) is 5.54. The van der Waals surface area contributed by atoms with Crippen molar-refractivity contribution in [2.45, 2.75) is 51.2 Å². The number of carbonyl (C=O) groups is 3. The van der Waals surface area contributed by atoms with Crippen LogP contribution in [0.15, 0.2) is 65.4 Å². The van der Waals surface area contributed by atoms with Gasteiger partial charge in [-0.3, -0.25) is 19.3 Å². The Morgan fingerprint density at radius 3 is 2.54 bits per heavy atom. The second-order valence-electron chi connectivity index (χ2n) is 9.18. The van der Waals surface area contributed by atoms with Crippen molar-refractivity contribution in [3.8, 4) is 0 Å². The molecule has 0 spiro atoms. The molecule has 3 amide bonds. The van der Waals surface area contributed by atoms with Crippen molar-refractivity contribution in [3.05, 3.63) is 70.9 Å². The van der Waals surface area contributed by atoms with Gasteiger partial charge in [0.15, 0.2) is 0 Å². The lowest BCUT2D eigenvalue weighted by atomic mass is 10.1. The van der Waals surface area contributed by atoms with E-state index in [1.807, 2.05) is 41.1 Å². The summed E-state index contributed by atoms with van der Waals surface area (Å²) < 4.78 is 1.55. The Bertz CT molecular complexity index is 1390. The fourth-order valence-corrected chi connectivity index (χ4v) is 5.46. The van der Waals surface area contributed by atoms with Gasteiger partial charge in [-0.2, -0.15) is 11.3 Å². The Hall–Kier alpha value is -4.05. The molecule has 0 bridgehead atoms. The van der Waals surface area contributed by atoms with Gasteiger partial charge in [0.25, 0.3) is 0 Å². The molecule has 1 unspecified atom stereocenters. The zero-order chi connectivity index (χ0) is 25.8. The highest BCUT2D eigenvalue weighted by Crippen LogP contribution is 2.31. The lowest BCUT2D eigenvalue weighted by Crippen LogP contribution is -2.47. The van der Waals surface area contributed by atoms with Crippen LogP contribution in [0.4, 0.5) is 11.4 Å². The second-order valence-corrected chi connectivity index (χ2v) is 9.96. The number of rotatable bonds is 8. The van der Waals surface area contributed by atoms with Gasteiger partial charge in [-0.15, -0.1) is 5.10 Å². The number of aromatic nitrogens is 3. The van der Waals surface area contributed by atoms with Crippen LogP contribution in [0.5, 0.6) is 0 Å². The first-order chi connectivity index (χ1) is 18.0. The number of nitrogens with one attached hydrogen (secondary N) is 2. The number of hydrogen-bond acceptors (Lipinski definition) is 6. The van der Waals surface area contributed by atoms with E-state index in [0.29, 0.717) is 16.9 Å². The molecule has 1 aliphatic carbocycles. The first-order valence-electron chi connectivity index (χ1n) is 12.3. The number of thiophene rings is 1. The van der Waals surface area contributed by atoms with E-state index in [4.69, 9.17) is 0 Å². The molecule has 0 radical (unpaired) electrons. The minimum atomic E-state index is -0.860. The molecule has 190 valence electrons. The molecule has 37 heavy (non-hydrogen) atoms. The standard InChI is InChI=1S/C27H28N6O3S/c1-18(34)28-21-10-12-22(13-11-21)33(25(35)16-32-24-9-5-4-8-23(24)30-31-32)26(19-14-15-37-17-19)27(36)29-20-6-2-3-7-20/h4-5,8-15,17,20,26H,2-3,6-7,16H2,1H3,(H,28,34)(H,29,36). The van der Waals surface area contributed by atoms with Gasteiger partial charge in [-0.05, 0) is 71.6 Å². The predicted molar refractivity (Wildman–Crippen MR) is 143 cm³/mol. The van der Waals surface area contributed by atoms with Gasteiger partial charge in [-0.25, -0.2) is 4.68 Å². The number of nitrogens with zero attached hydrogens (tertiary/aromatic N) is 4. The Morgan fingerprint density at radius 2 is 1.84 bits per heavy atom. The molecule has 1 atom stereocenters. The van der Waals surface area contributed by atoms with Crippen LogP contribution in [-0.4, -0.2) is 38.8 Å². The lowest BCUT2D eigenvalue weighted by Gasteiger charge is -2.32. The summed E-state index contributed by atoms with van der Waals surface area (Å²) in [5.74, 6) is -0.709. The second kappa shape index (κ2) is 10.9. The molecular formula is C27H28N6O3S. The number of amides is 3. The minimum absolute atomic E-state index is 0.0920. The van der Waals surface area contributed by atoms with Crippen LogP contribution in [0, 0.1) is 0 Å². The van der Waals surface area contributed by atoms with E-state index in [1.165, 1.54) is 23.2 Å². The van der Waals surface area contributed by atoms with Crippen LogP contribution in [0.2, 0.25) is 0 Å². The third-order valence-corrected chi connectivity index (χ3v) is 7.21. The van der Waals surface area contributed by atoms with E-state index < -0.39 is 6.04 Å². The maximum atomic E-state index is 14.0. The predicted octanol–water partition coefficient (Wildman–Crippen LogP) is 4.28. The molecule has 1 aliphatic rings. The summed E-state index contributed by atoms with van der Waals surface area (Å²) in [5, 5.41) is 18.1. The summed E-state index contributed by atoms with van der Waals surface area (Å²) >= 11 is 1.48. The summed E-state index contributed by atoms with van der Waals surface area (Å²) in [7, 11) is 0. The van der Waals surface area contributed by atoms with Gasteiger partial charge in [0.1, 0.15) is 18.1 Å². The fourth-order valence-electron chi connectivity index (χ4n) is 4.78. The number of anilines is 2. The number of benzene rings is 2. The Balaban J connectivity index is 1.53. The van der Waals surface area contributed by atoms with E-state index in [2.05, 4.69) is 20.9 Å². The van der Waals surface area contributed by atoms with Crippen molar-refractivity contribution in [1.82, 2.24) is 20.3 Å². The monoisotopic (exact) mass is 516 g/mol. The smallest absolute Gasteiger partial charge is 0.249 e. The highest BCUT2D eigenvalue weighted by atomic mass is 32.1. The molecule has 5 rings (SSSR count). The molecule has 2 aromatic heterocycles. The van der Waals surface area contributed by atoms with Crippen LogP contribution in [0.1, 0.15) is 44.2 Å². The molecule has 0 saturated heterocycles. The van der Waals surface area contributed by atoms with Gasteiger partial charge < -0.3 is 10.6 Å². The van der Waals surface area contributed by atoms with Crippen molar-refractivity contribution in [2.75, 3.05) is 10.2 Å². The number of hydrogen-bond donors (Lipinski definition) is 2. The van der Waals surface area contributed by atoms with Gasteiger partial charge in [0.05, 0.1) is 5.52 Å². The molecule has 2 heterocycles. The molecule has 2 N–H and O–H groups in total. The molecular weight excluding hydrogens is 488 g/mol. The molecule has 9 nitrogen and oxygen atoms in total. The Labute approximate surface area is 218 Å². The average molecular weight is 517 g/mol. The maximum absolute atomic E-state index is 14.0. The van der Waals surface area contributed by atoms with Crippen molar-refractivity contribution in [1.29, 1.82) is 0 Å². The van der Waals surface area contributed by atoms with Crippen molar-refractivity contribution in [3.63, 3.8) is 0 Å². The normalized spacial score (nSPS) is 14.4. The Kier molecular flexibility index (Phi) is 7.27. The summed E-state index contributed by atoms with van der Waals surface area (Å²) in [6, 6.07) is 15.5. The van der Waals surface area contributed by atoms with E-state index >= 15 is 0 Å².